The van der Waals surface area contributed by atoms with Crippen LogP contribution in [0.5, 0.6) is 0 Å². The second-order valence-electron chi connectivity index (χ2n) is 9.07. The van der Waals surface area contributed by atoms with Crippen molar-refractivity contribution in [2.24, 2.45) is 7.05 Å². The second-order valence-corrected chi connectivity index (χ2v) is 10.9. The summed E-state index contributed by atoms with van der Waals surface area (Å²) in [4.78, 5) is 31.8. The number of benzene rings is 3. The Balaban J connectivity index is 1.57. The molecule has 3 aromatic carbocycles. The van der Waals surface area contributed by atoms with Crippen molar-refractivity contribution in [3.63, 3.8) is 0 Å². The SMILES string of the molecule is CCc1ccc(-n2c(SCC(=O)Nc3ccc(Br)c(C)c3)nc3c(-c4ccccc4)cn(C)c3c2=O)cc1. The van der Waals surface area contributed by atoms with Gasteiger partial charge in [0.1, 0.15) is 11.0 Å². The van der Waals surface area contributed by atoms with Crippen LogP contribution in [0, 0.1) is 6.92 Å². The first-order chi connectivity index (χ1) is 18.4. The van der Waals surface area contributed by atoms with Gasteiger partial charge in [0, 0.05) is 29.0 Å². The van der Waals surface area contributed by atoms with E-state index in [4.69, 9.17) is 4.98 Å². The average Bonchev–Trinajstić information content (AvgIpc) is 3.26. The predicted octanol–water partition coefficient (Wildman–Crippen LogP) is 6.76. The van der Waals surface area contributed by atoms with Gasteiger partial charge in [-0.2, -0.15) is 0 Å². The number of anilines is 1. The van der Waals surface area contributed by atoms with Crippen LogP contribution in [0.1, 0.15) is 18.1 Å². The van der Waals surface area contributed by atoms with Crippen molar-refractivity contribution in [1.82, 2.24) is 14.1 Å². The molecule has 5 aromatic rings. The molecule has 2 aromatic heterocycles. The normalized spacial score (nSPS) is 11.2. The van der Waals surface area contributed by atoms with Gasteiger partial charge < -0.3 is 9.88 Å². The molecule has 0 atom stereocenters. The molecule has 0 fully saturated rings. The summed E-state index contributed by atoms with van der Waals surface area (Å²) < 4.78 is 4.43. The number of hydrogen-bond acceptors (Lipinski definition) is 4. The molecular formula is C30H27BrN4O2S. The minimum absolute atomic E-state index is 0.105. The largest absolute Gasteiger partial charge is 0.344 e. The van der Waals surface area contributed by atoms with E-state index in [9.17, 15) is 9.59 Å². The quantitative estimate of drug-likeness (QED) is 0.169. The molecule has 0 spiro atoms. The first-order valence-corrected chi connectivity index (χ1v) is 14.1. The van der Waals surface area contributed by atoms with Crippen LogP contribution in [0.4, 0.5) is 5.69 Å². The van der Waals surface area contributed by atoms with Crippen LogP contribution in [0.3, 0.4) is 0 Å². The van der Waals surface area contributed by atoms with Crippen molar-refractivity contribution in [3.05, 3.63) is 105 Å². The number of halogens is 1. The minimum atomic E-state index is -0.171. The Morgan fingerprint density at radius 1 is 1.05 bits per heavy atom. The second kappa shape index (κ2) is 11.0. The number of aryl methyl sites for hydroxylation is 3. The number of fused-ring (bicyclic) bond motifs is 1. The molecular weight excluding hydrogens is 560 g/mol. The number of nitrogens with zero attached hydrogens (tertiary/aromatic N) is 3. The van der Waals surface area contributed by atoms with E-state index in [0.29, 0.717) is 16.2 Å². The summed E-state index contributed by atoms with van der Waals surface area (Å²) in [6.07, 6.45) is 2.85. The van der Waals surface area contributed by atoms with E-state index in [1.807, 2.05) is 97.5 Å². The zero-order valence-electron chi connectivity index (χ0n) is 21.4. The number of carbonyl (C=O) groups is 1. The van der Waals surface area contributed by atoms with Gasteiger partial charge in [-0.3, -0.25) is 14.2 Å². The number of carbonyl (C=O) groups excluding carboxylic acids is 1. The van der Waals surface area contributed by atoms with E-state index in [2.05, 4.69) is 28.2 Å². The molecule has 5 rings (SSSR count). The minimum Gasteiger partial charge on any atom is -0.344 e. The summed E-state index contributed by atoms with van der Waals surface area (Å²) >= 11 is 4.74. The zero-order chi connectivity index (χ0) is 26.8. The fourth-order valence-corrected chi connectivity index (χ4v) is 5.45. The third kappa shape index (κ3) is 5.19. The Labute approximate surface area is 233 Å². The van der Waals surface area contributed by atoms with Crippen LogP contribution in [0.2, 0.25) is 0 Å². The summed E-state index contributed by atoms with van der Waals surface area (Å²) in [7, 11) is 1.86. The van der Waals surface area contributed by atoms with Gasteiger partial charge in [0.2, 0.25) is 5.91 Å². The maximum Gasteiger partial charge on any atom is 0.283 e. The molecule has 0 aliphatic heterocycles. The lowest BCUT2D eigenvalue weighted by molar-refractivity contribution is -0.113. The number of hydrogen-bond donors (Lipinski definition) is 1. The smallest absolute Gasteiger partial charge is 0.283 e. The van der Waals surface area contributed by atoms with Crippen molar-refractivity contribution in [2.45, 2.75) is 25.4 Å². The van der Waals surface area contributed by atoms with E-state index in [1.54, 1.807) is 4.57 Å². The first-order valence-electron chi connectivity index (χ1n) is 12.3. The number of amides is 1. The molecule has 0 radical (unpaired) electrons. The number of rotatable bonds is 7. The maximum atomic E-state index is 14.0. The Bertz CT molecular complexity index is 1690. The highest BCUT2D eigenvalue weighted by Gasteiger charge is 2.20. The van der Waals surface area contributed by atoms with E-state index >= 15 is 0 Å². The molecule has 192 valence electrons. The molecule has 1 amide bonds. The molecule has 0 aliphatic rings. The summed E-state index contributed by atoms with van der Waals surface area (Å²) in [5.74, 6) is -0.0663. The van der Waals surface area contributed by atoms with Gasteiger partial charge in [-0.25, -0.2) is 4.98 Å². The van der Waals surface area contributed by atoms with Crippen LogP contribution in [0.25, 0.3) is 27.8 Å². The van der Waals surface area contributed by atoms with Gasteiger partial charge >= 0.3 is 0 Å². The fraction of sp³-hybridized carbons (Fsp3) is 0.167. The van der Waals surface area contributed by atoms with E-state index in [0.717, 1.165) is 39.0 Å². The van der Waals surface area contributed by atoms with Crippen molar-refractivity contribution in [2.75, 3.05) is 11.1 Å². The molecule has 0 unspecified atom stereocenters. The van der Waals surface area contributed by atoms with Crippen molar-refractivity contribution in [3.8, 4) is 16.8 Å². The van der Waals surface area contributed by atoms with Crippen LogP contribution in [-0.2, 0) is 18.3 Å². The van der Waals surface area contributed by atoms with Crippen molar-refractivity contribution >= 4 is 50.3 Å². The maximum absolute atomic E-state index is 14.0. The summed E-state index contributed by atoms with van der Waals surface area (Å²) in [6.45, 7) is 4.07. The summed E-state index contributed by atoms with van der Waals surface area (Å²) in [6, 6.07) is 23.5. The molecule has 0 saturated carbocycles. The van der Waals surface area contributed by atoms with E-state index < -0.39 is 0 Å². The van der Waals surface area contributed by atoms with Crippen molar-refractivity contribution < 1.29 is 4.79 Å². The van der Waals surface area contributed by atoms with Crippen LogP contribution in [0.15, 0.2) is 93.4 Å². The van der Waals surface area contributed by atoms with Gasteiger partial charge in [-0.15, -0.1) is 0 Å². The molecule has 1 N–H and O–H groups in total. The zero-order valence-corrected chi connectivity index (χ0v) is 23.8. The highest BCUT2D eigenvalue weighted by Crippen LogP contribution is 2.30. The summed E-state index contributed by atoms with van der Waals surface area (Å²) in [5.41, 5.74) is 6.48. The van der Waals surface area contributed by atoms with Gasteiger partial charge in [0.05, 0.1) is 11.4 Å². The molecule has 2 heterocycles. The molecule has 0 aliphatic carbocycles. The van der Waals surface area contributed by atoms with E-state index in [-0.39, 0.29) is 17.2 Å². The Kier molecular flexibility index (Phi) is 7.53. The van der Waals surface area contributed by atoms with Gasteiger partial charge in [0.15, 0.2) is 5.16 Å². The van der Waals surface area contributed by atoms with Gasteiger partial charge in [-0.1, -0.05) is 77.1 Å². The van der Waals surface area contributed by atoms with Crippen LogP contribution >= 0.6 is 27.7 Å². The Morgan fingerprint density at radius 2 is 1.79 bits per heavy atom. The van der Waals surface area contributed by atoms with Crippen LogP contribution in [-0.4, -0.2) is 25.8 Å². The number of nitrogens with one attached hydrogen (secondary N) is 1. The highest BCUT2D eigenvalue weighted by atomic mass is 79.9. The standard InChI is InChI=1S/C30H27BrN4O2S/c1-4-20-10-13-23(14-11-20)35-29(37)28-27(24(17-34(28)3)21-8-6-5-7-9-21)33-30(35)38-18-26(36)32-22-12-15-25(31)19(2)16-22/h5-17H,4,18H2,1-3H3,(H,32,36). The van der Waals surface area contributed by atoms with Gasteiger partial charge in [0.25, 0.3) is 5.56 Å². The lowest BCUT2D eigenvalue weighted by Crippen LogP contribution is -2.24. The monoisotopic (exact) mass is 586 g/mol. The van der Waals surface area contributed by atoms with E-state index in [1.165, 1.54) is 17.3 Å². The number of thioether (sulfide) groups is 1. The highest BCUT2D eigenvalue weighted by molar-refractivity contribution is 9.10. The first kappa shape index (κ1) is 26.0. The number of aromatic nitrogens is 3. The third-order valence-corrected chi connectivity index (χ3v) is 8.25. The summed E-state index contributed by atoms with van der Waals surface area (Å²) in [5, 5.41) is 3.42. The average molecular weight is 588 g/mol. The fourth-order valence-electron chi connectivity index (χ4n) is 4.40. The molecule has 0 bridgehead atoms. The Morgan fingerprint density at radius 3 is 2.47 bits per heavy atom. The molecule has 0 saturated heterocycles. The van der Waals surface area contributed by atoms with Crippen molar-refractivity contribution in [1.29, 1.82) is 0 Å². The lowest BCUT2D eigenvalue weighted by Gasteiger charge is -2.14. The van der Waals surface area contributed by atoms with Crippen LogP contribution < -0.4 is 10.9 Å². The molecule has 6 nitrogen and oxygen atoms in total. The molecule has 8 heteroatoms. The third-order valence-electron chi connectivity index (χ3n) is 6.42. The molecule has 38 heavy (non-hydrogen) atoms. The van der Waals surface area contributed by atoms with Gasteiger partial charge in [-0.05, 0) is 60.4 Å². The lowest BCUT2D eigenvalue weighted by atomic mass is 10.1. The Hall–Kier alpha value is -3.62. The topological polar surface area (TPSA) is 68.9 Å². The predicted molar refractivity (Wildman–Crippen MR) is 159 cm³/mol.